The van der Waals surface area contributed by atoms with Crippen LogP contribution in [-0.4, -0.2) is 29.4 Å². The van der Waals surface area contributed by atoms with E-state index in [1.807, 2.05) is 79.0 Å². The molecule has 0 aliphatic heterocycles. The predicted octanol–water partition coefficient (Wildman–Crippen LogP) is 5.76. The molecule has 3 aromatic rings. The van der Waals surface area contributed by atoms with Gasteiger partial charge in [-0.15, -0.1) is 0 Å². The Kier molecular flexibility index (Phi) is 7.92. The van der Waals surface area contributed by atoms with Crippen molar-refractivity contribution in [2.24, 2.45) is 0 Å². The van der Waals surface area contributed by atoms with Gasteiger partial charge < -0.3 is 4.72 Å². The number of anilines is 1. The van der Waals surface area contributed by atoms with Crippen molar-refractivity contribution in [1.29, 1.82) is 0 Å². The highest BCUT2D eigenvalue weighted by atomic mass is 79.9. The molecule has 0 atom stereocenters. The van der Waals surface area contributed by atoms with E-state index >= 15 is 4.39 Å². The SMILES string of the molecule is [B]C([B])(F)c1c(Br)cc(N(B(C)Cc2ccccc2)B(C)Cc2ccccc2)c(F)c1F. The lowest BCUT2D eigenvalue weighted by molar-refractivity contribution is 0.377. The molecule has 158 valence electrons. The highest BCUT2D eigenvalue weighted by Crippen LogP contribution is 2.37. The number of hydrogen-bond donors (Lipinski definition) is 0. The van der Waals surface area contributed by atoms with Gasteiger partial charge in [0, 0.05) is 10.0 Å². The molecule has 0 saturated heterocycles. The zero-order chi connectivity index (χ0) is 23.5. The fraction of sp³-hybridized carbons (Fsp3) is 0.217. The van der Waals surface area contributed by atoms with E-state index in [-0.39, 0.29) is 23.9 Å². The first-order chi connectivity index (χ1) is 15.1. The summed E-state index contributed by atoms with van der Waals surface area (Å²) in [7, 11) is 10.5. The number of hydrogen-bond acceptors (Lipinski definition) is 1. The molecule has 0 aliphatic carbocycles. The number of halogens is 4. The second kappa shape index (κ2) is 10.3. The third kappa shape index (κ3) is 5.67. The molecule has 3 rings (SSSR count). The van der Waals surface area contributed by atoms with E-state index in [1.54, 1.807) is 0 Å². The molecule has 0 heterocycles. The zero-order valence-corrected chi connectivity index (χ0v) is 19.6. The van der Waals surface area contributed by atoms with Gasteiger partial charge >= 0.3 is 0 Å². The van der Waals surface area contributed by atoms with Gasteiger partial charge in [0.1, 0.15) is 15.7 Å². The van der Waals surface area contributed by atoms with Crippen molar-refractivity contribution < 1.29 is 13.2 Å². The van der Waals surface area contributed by atoms with Crippen LogP contribution in [0.1, 0.15) is 16.7 Å². The van der Waals surface area contributed by atoms with Crippen LogP contribution in [0.4, 0.5) is 18.9 Å². The highest BCUT2D eigenvalue weighted by Gasteiger charge is 2.34. The Hall–Kier alpha value is -2.01. The van der Waals surface area contributed by atoms with Crippen molar-refractivity contribution in [2.45, 2.75) is 31.8 Å². The number of alkyl halides is 1. The topological polar surface area (TPSA) is 3.24 Å². The first-order valence-electron chi connectivity index (χ1n) is 10.4. The molecule has 3 aromatic carbocycles. The fourth-order valence-corrected chi connectivity index (χ4v) is 4.83. The maximum absolute atomic E-state index is 15.3. The second-order valence-corrected chi connectivity index (χ2v) is 8.99. The van der Waals surface area contributed by atoms with Crippen LogP contribution in [-0.2, 0) is 18.1 Å². The maximum atomic E-state index is 15.3. The molecule has 0 aromatic heterocycles. The lowest BCUT2D eigenvalue weighted by Crippen LogP contribution is -2.50. The molecule has 0 bridgehead atoms. The van der Waals surface area contributed by atoms with Crippen LogP contribution in [0.25, 0.3) is 0 Å². The molecule has 0 N–H and O–H groups in total. The van der Waals surface area contributed by atoms with Crippen molar-refractivity contribution in [1.82, 2.24) is 0 Å². The van der Waals surface area contributed by atoms with Gasteiger partial charge in [0.25, 0.3) is 0 Å². The zero-order valence-electron chi connectivity index (χ0n) is 18.0. The highest BCUT2D eigenvalue weighted by molar-refractivity contribution is 9.10. The molecule has 32 heavy (non-hydrogen) atoms. The summed E-state index contributed by atoms with van der Waals surface area (Å²) in [5.41, 5.74) is -1.60. The predicted molar refractivity (Wildman–Crippen MR) is 134 cm³/mol. The van der Waals surface area contributed by atoms with Gasteiger partial charge in [-0.1, -0.05) is 101 Å². The van der Waals surface area contributed by atoms with E-state index in [1.165, 1.54) is 6.07 Å². The first kappa shape index (κ1) is 24.6. The van der Waals surface area contributed by atoms with Gasteiger partial charge in [0.15, 0.2) is 11.6 Å². The van der Waals surface area contributed by atoms with Crippen molar-refractivity contribution in [3.05, 3.63) is 99.5 Å². The van der Waals surface area contributed by atoms with E-state index < -0.39 is 22.7 Å². The smallest absolute Gasteiger partial charge is 0.242 e. The van der Waals surface area contributed by atoms with Crippen LogP contribution in [0.3, 0.4) is 0 Å². The molecular weight excluding hydrogens is 470 g/mol. The average molecular weight is 492 g/mol. The van der Waals surface area contributed by atoms with Crippen LogP contribution in [0.15, 0.2) is 71.2 Å². The summed E-state index contributed by atoms with van der Waals surface area (Å²) in [6.45, 7) is 3.54. The molecule has 0 aliphatic rings. The lowest BCUT2D eigenvalue weighted by Gasteiger charge is -2.36. The Morgan fingerprint density at radius 3 is 1.69 bits per heavy atom. The van der Waals surface area contributed by atoms with Crippen LogP contribution in [0, 0.1) is 11.6 Å². The molecule has 0 fully saturated rings. The summed E-state index contributed by atoms with van der Waals surface area (Å²) < 4.78 is 46.2. The van der Waals surface area contributed by atoms with Crippen molar-refractivity contribution in [2.75, 3.05) is 4.72 Å². The Morgan fingerprint density at radius 1 is 0.844 bits per heavy atom. The van der Waals surface area contributed by atoms with E-state index in [9.17, 15) is 8.78 Å². The summed E-state index contributed by atoms with van der Waals surface area (Å²) >= 11 is 3.13. The molecule has 0 amide bonds. The van der Waals surface area contributed by atoms with Crippen molar-refractivity contribution >= 4 is 51.0 Å². The van der Waals surface area contributed by atoms with Crippen LogP contribution < -0.4 is 4.72 Å². The summed E-state index contributed by atoms with van der Waals surface area (Å²) in [6, 6.07) is 20.9. The molecule has 0 unspecified atom stereocenters. The van der Waals surface area contributed by atoms with Crippen molar-refractivity contribution in [3.63, 3.8) is 0 Å². The van der Waals surface area contributed by atoms with E-state index in [4.69, 9.17) is 15.7 Å². The quantitative estimate of drug-likeness (QED) is 0.286. The van der Waals surface area contributed by atoms with Gasteiger partial charge in [-0.2, -0.15) is 0 Å². The summed E-state index contributed by atoms with van der Waals surface area (Å²) in [5.74, 6) is -2.58. The fourth-order valence-electron chi connectivity index (χ4n) is 4.14. The largest absolute Gasteiger partial charge is 0.458 e. The Labute approximate surface area is 199 Å². The molecule has 0 saturated carbocycles. The first-order valence-corrected chi connectivity index (χ1v) is 11.2. The molecule has 1 nitrogen and oxygen atoms in total. The lowest BCUT2D eigenvalue weighted by atomic mass is 9.44. The minimum atomic E-state index is -3.02. The Morgan fingerprint density at radius 2 is 1.28 bits per heavy atom. The maximum Gasteiger partial charge on any atom is 0.242 e. The third-order valence-electron chi connectivity index (χ3n) is 5.50. The minimum Gasteiger partial charge on any atom is -0.458 e. The van der Waals surface area contributed by atoms with E-state index in [0.29, 0.717) is 12.6 Å². The van der Waals surface area contributed by atoms with Crippen molar-refractivity contribution in [3.8, 4) is 0 Å². The Balaban J connectivity index is 2.05. The third-order valence-corrected chi connectivity index (χ3v) is 6.12. The van der Waals surface area contributed by atoms with Gasteiger partial charge in [-0.05, 0) is 18.7 Å². The number of nitrogens with zero attached hydrogens (tertiary/aromatic N) is 1. The molecule has 4 radical (unpaired) electrons. The number of rotatable bonds is 8. The van der Waals surface area contributed by atoms with Gasteiger partial charge in [0.2, 0.25) is 13.7 Å². The van der Waals surface area contributed by atoms with Gasteiger partial charge in [-0.25, -0.2) is 8.78 Å². The molecule has 9 heteroatoms. The standard InChI is InChI=1S/C23H21B4BrF3N/c1-26(14-16-9-5-3-6-10-16)32(27(2)15-17-11-7-4-8-12-17)19-13-18(28)20(23(24,25)31)22(30)21(19)29/h3-13H,14-15H2,1-2H3. The van der Waals surface area contributed by atoms with Crippen LogP contribution in [0.5, 0.6) is 0 Å². The monoisotopic (exact) mass is 491 g/mol. The second-order valence-electron chi connectivity index (χ2n) is 8.13. The summed E-state index contributed by atoms with van der Waals surface area (Å²) in [6.07, 6.45) is 1.22. The van der Waals surface area contributed by atoms with E-state index in [2.05, 4.69) is 15.9 Å². The van der Waals surface area contributed by atoms with E-state index in [0.717, 1.165) is 11.1 Å². The Bertz CT molecular complexity index is 1000. The van der Waals surface area contributed by atoms with Gasteiger partial charge in [-0.3, -0.25) is 4.39 Å². The average Bonchev–Trinajstić information content (AvgIpc) is 2.72. The molecule has 0 spiro atoms. The normalized spacial score (nSPS) is 11.3. The summed E-state index contributed by atoms with van der Waals surface area (Å²) in [5, 5.41) is 0. The van der Waals surface area contributed by atoms with Crippen LogP contribution in [0.2, 0.25) is 13.6 Å². The van der Waals surface area contributed by atoms with Gasteiger partial charge in [0.05, 0.1) is 11.2 Å². The molecular formula is C23H21B4BrF3N. The van der Waals surface area contributed by atoms with Crippen LogP contribution >= 0.6 is 15.9 Å². The summed E-state index contributed by atoms with van der Waals surface area (Å²) in [4.78, 5) is 0. The minimum absolute atomic E-state index is 0.0224. The number of benzene rings is 3.